The number of hydrogen-bond donors (Lipinski definition) is 1. The van der Waals surface area contributed by atoms with E-state index in [1.54, 1.807) is 37.3 Å². The van der Waals surface area contributed by atoms with Gasteiger partial charge in [0.1, 0.15) is 16.6 Å². The maximum absolute atomic E-state index is 13.2. The Labute approximate surface area is 188 Å². The Balaban J connectivity index is 1.33. The lowest BCUT2D eigenvalue weighted by atomic mass is 10.1. The molecule has 5 rings (SSSR count). The van der Waals surface area contributed by atoms with Crippen molar-refractivity contribution in [2.24, 2.45) is 0 Å². The smallest absolute Gasteiger partial charge is 0.249 e. The van der Waals surface area contributed by atoms with Crippen LogP contribution in [0.5, 0.6) is 0 Å². The molecule has 1 atom stereocenters. The van der Waals surface area contributed by atoms with Crippen LogP contribution in [0.25, 0.3) is 16.2 Å². The monoisotopic (exact) mass is 471 g/mol. The molecule has 1 aromatic carbocycles. The summed E-state index contributed by atoms with van der Waals surface area (Å²) in [6, 6.07) is 6.57. The lowest BCUT2D eigenvalue weighted by molar-refractivity contribution is -0.119. The van der Waals surface area contributed by atoms with Crippen LogP contribution in [0, 0.1) is 13.8 Å². The number of aromatic nitrogens is 3. The van der Waals surface area contributed by atoms with Crippen LogP contribution in [0.4, 0.5) is 5.69 Å². The molecular formula is C21H21N5O4S2. The predicted molar refractivity (Wildman–Crippen MR) is 120 cm³/mol. The van der Waals surface area contributed by atoms with Crippen LogP contribution in [0.2, 0.25) is 0 Å². The fourth-order valence-corrected chi connectivity index (χ4v) is 6.72. The molecule has 4 aromatic rings. The maximum atomic E-state index is 13.2. The van der Waals surface area contributed by atoms with Gasteiger partial charge in [-0.3, -0.25) is 9.20 Å². The second kappa shape index (κ2) is 7.84. The third-order valence-corrected chi connectivity index (χ3v) is 8.51. The van der Waals surface area contributed by atoms with Gasteiger partial charge in [-0.15, -0.1) is 11.3 Å². The van der Waals surface area contributed by atoms with Gasteiger partial charge in [-0.2, -0.15) is 4.31 Å². The van der Waals surface area contributed by atoms with Crippen molar-refractivity contribution in [3.8, 4) is 11.3 Å². The van der Waals surface area contributed by atoms with Crippen molar-refractivity contribution in [3.63, 3.8) is 0 Å². The van der Waals surface area contributed by atoms with E-state index < -0.39 is 16.1 Å². The van der Waals surface area contributed by atoms with Gasteiger partial charge in [0.15, 0.2) is 10.7 Å². The van der Waals surface area contributed by atoms with E-state index in [0.717, 1.165) is 16.2 Å². The molecule has 32 heavy (non-hydrogen) atoms. The van der Waals surface area contributed by atoms with Crippen LogP contribution in [-0.2, 0) is 14.8 Å². The third kappa shape index (κ3) is 3.51. The van der Waals surface area contributed by atoms with Crippen LogP contribution in [0.1, 0.15) is 24.3 Å². The minimum atomic E-state index is -3.89. The molecule has 1 aliphatic heterocycles. The highest BCUT2D eigenvalue weighted by atomic mass is 32.2. The number of anilines is 1. The summed E-state index contributed by atoms with van der Waals surface area (Å²) in [5, 5.41) is 8.58. The van der Waals surface area contributed by atoms with E-state index in [2.05, 4.69) is 15.5 Å². The van der Waals surface area contributed by atoms with Gasteiger partial charge in [0.25, 0.3) is 0 Å². The summed E-state index contributed by atoms with van der Waals surface area (Å²) in [5.41, 5.74) is 2.68. The Hall–Kier alpha value is -3.02. The van der Waals surface area contributed by atoms with E-state index >= 15 is 0 Å². The highest BCUT2D eigenvalue weighted by Crippen LogP contribution is 2.30. The summed E-state index contributed by atoms with van der Waals surface area (Å²) in [7, 11) is -3.89. The molecule has 0 bridgehead atoms. The molecule has 1 N–H and O–H groups in total. The number of thiazole rings is 1. The van der Waals surface area contributed by atoms with Gasteiger partial charge < -0.3 is 9.84 Å². The van der Waals surface area contributed by atoms with E-state index in [9.17, 15) is 13.2 Å². The van der Waals surface area contributed by atoms with Gasteiger partial charge in [0.05, 0.1) is 5.69 Å². The number of imidazole rings is 1. The van der Waals surface area contributed by atoms with Gasteiger partial charge in [-0.25, -0.2) is 13.4 Å². The highest BCUT2D eigenvalue weighted by Gasteiger charge is 2.41. The van der Waals surface area contributed by atoms with Gasteiger partial charge in [-0.05, 0) is 38.8 Å². The number of carbonyl (C=O) groups excluding carboxylic acids is 1. The van der Waals surface area contributed by atoms with Crippen LogP contribution < -0.4 is 5.32 Å². The first-order chi connectivity index (χ1) is 15.3. The molecule has 11 heteroatoms. The number of sulfonamides is 1. The van der Waals surface area contributed by atoms with E-state index in [1.807, 2.05) is 34.3 Å². The number of benzene rings is 1. The zero-order valence-electron chi connectivity index (χ0n) is 17.5. The average molecular weight is 472 g/mol. The van der Waals surface area contributed by atoms with Gasteiger partial charge >= 0.3 is 0 Å². The first-order valence-corrected chi connectivity index (χ1v) is 12.4. The van der Waals surface area contributed by atoms with Crippen LogP contribution in [0.3, 0.4) is 0 Å². The molecule has 166 valence electrons. The summed E-state index contributed by atoms with van der Waals surface area (Å²) in [6.45, 7) is 3.42. The molecular weight excluding hydrogens is 450 g/mol. The standard InChI is InChI=1S/C21H21N5O4S2/c1-13-19(14(2)30-24-13)32(28,29)26-9-3-4-18(26)20(27)22-16-7-5-15(6-8-16)17-12-25-10-11-31-21(25)23-17/h5-8,10-12,18H,3-4,9H2,1-2H3,(H,22,27)/t18-/m0/s1. The second-order valence-corrected chi connectivity index (χ2v) is 10.4. The number of hydrogen-bond acceptors (Lipinski definition) is 7. The van der Waals surface area contributed by atoms with Crippen molar-refractivity contribution in [2.75, 3.05) is 11.9 Å². The quantitative estimate of drug-likeness (QED) is 0.477. The molecule has 9 nitrogen and oxygen atoms in total. The van der Waals surface area contributed by atoms with E-state index in [4.69, 9.17) is 4.52 Å². The molecule has 0 saturated carbocycles. The highest BCUT2D eigenvalue weighted by molar-refractivity contribution is 7.89. The van der Waals surface area contributed by atoms with Crippen molar-refractivity contribution >= 4 is 37.9 Å². The second-order valence-electron chi connectivity index (χ2n) is 7.71. The summed E-state index contributed by atoms with van der Waals surface area (Å²) < 4.78 is 34.6. The number of nitrogens with one attached hydrogen (secondary N) is 1. The summed E-state index contributed by atoms with van der Waals surface area (Å²) in [5.74, 6) is -0.128. The maximum Gasteiger partial charge on any atom is 0.249 e. The van der Waals surface area contributed by atoms with Crippen molar-refractivity contribution in [2.45, 2.75) is 37.6 Å². The number of rotatable bonds is 5. The van der Waals surface area contributed by atoms with Gasteiger partial charge in [-0.1, -0.05) is 17.3 Å². The van der Waals surface area contributed by atoms with Gasteiger partial charge in [0.2, 0.25) is 15.9 Å². The molecule has 0 spiro atoms. The van der Waals surface area contributed by atoms with Crippen molar-refractivity contribution in [3.05, 3.63) is 53.5 Å². The number of aryl methyl sites for hydroxylation is 2. The minimum absolute atomic E-state index is 0.0431. The fraction of sp³-hybridized carbons (Fsp3) is 0.286. The first kappa shape index (κ1) is 20.9. The molecule has 1 saturated heterocycles. The Morgan fingerprint density at radius 3 is 2.72 bits per heavy atom. The summed E-state index contributed by atoms with van der Waals surface area (Å²) >= 11 is 1.56. The molecule has 4 heterocycles. The number of carbonyl (C=O) groups is 1. The van der Waals surface area contributed by atoms with Crippen molar-refractivity contribution < 1.29 is 17.7 Å². The SMILES string of the molecule is Cc1noc(C)c1S(=O)(=O)N1CCC[C@H]1C(=O)Nc1ccc(-c2cn3ccsc3n2)cc1. The average Bonchev–Trinajstić information content (AvgIpc) is 3.52. The first-order valence-electron chi connectivity index (χ1n) is 10.1. The zero-order chi connectivity index (χ0) is 22.5. The Kier molecular flexibility index (Phi) is 5.11. The Bertz CT molecular complexity index is 1350. The number of fused-ring (bicyclic) bond motifs is 1. The fourth-order valence-electron chi connectivity index (χ4n) is 4.07. The lowest BCUT2D eigenvalue weighted by Gasteiger charge is -2.23. The van der Waals surface area contributed by atoms with E-state index in [0.29, 0.717) is 24.2 Å². The van der Waals surface area contributed by atoms with Crippen molar-refractivity contribution in [1.82, 2.24) is 18.8 Å². The largest absolute Gasteiger partial charge is 0.360 e. The van der Waals surface area contributed by atoms with Crippen LogP contribution >= 0.6 is 11.3 Å². The van der Waals surface area contributed by atoms with Crippen LogP contribution in [0.15, 0.2) is 51.5 Å². The topological polar surface area (TPSA) is 110 Å². The Morgan fingerprint density at radius 1 is 1.25 bits per heavy atom. The lowest BCUT2D eigenvalue weighted by Crippen LogP contribution is -2.43. The van der Waals surface area contributed by atoms with Gasteiger partial charge in [0, 0.05) is 35.6 Å². The number of nitrogens with zero attached hydrogens (tertiary/aromatic N) is 4. The number of amides is 1. The molecule has 1 amide bonds. The molecule has 0 radical (unpaired) electrons. The summed E-state index contributed by atoms with van der Waals surface area (Å²) in [6.07, 6.45) is 4.97. The molecule has 3 aromatic heterocycles. The molecule has 1 fully saturated rings. The zero-order valence-corrected chi connectivity index (χ0v) is 19.1. The minimum Gasteiger partial charge on any atom is -0.360 e. The predicted octanol–water partition coefficient (Wildman–Crippen LogP) is 3.46. The Morgan fingerprint density at radius 2 is 2.03 bits per heavy atom. The molecule has 0 unspecified atom stereocenters. The normalized spacial score (nSPS) is 17.2. The van der Waals surface area contributed by atoms with E-state index in [-0.39, 0.29) is 23.1 Å². The molecule has 0 aliphatic carbocycles. The third-order valence-electron chi connectivity index (χ3n) is 5.58. The van der Waals surface area contributed by atoms with E-state index in [1.165, 1.54) is 4.31 Å². The van der Waals surface area contributed by atoms with Crippen LogP contribution in [-0.4, -0.2) is 45.8 Å². The summed E-state index contributed by atoms with van der Waals surface area (Å²) in [4.78, 5) is 18.5. The van der Waals surface area contributed by atoms with Crippen molar-refractivity contribution in [1.29, 1.82) is 0 Å². The molecule has 1 aliphatic rings.